The predicted octanol–water partition coefficient (Wildman–Crippen LogP) is 1.42. The summed E-state index contributed by atoms with van der Waals surface area (Å²) in [6.45, 7) is 2.86. The Morgan fingerprint density at radius 1 is 1.50 bits per heavy atom. The fourth-order valence-electron chi connectivity index (χ4n) is 2.51. The Morgan fingerprint density at radius 2 is 2.25 bits per heavy atom. The smallest absolute Gasteiger partial charge is 0.0774 e. The van der Waals surface area contributed by atoms with Crippen molar-refractivity contribution in [1.82, 2.24) is 14.7 Å². The van der Waals surface area contributed by atoms with Crippen molar-refractivity contribution in [2.24, 2.45) is 0 Å². The van der Waals surface area contributed by atoms with E-state index in [2.05, 4.69) is 25.9 Å². The zero-order valence-corrected chi connectivity index (χ0v) is 10.7. The Hall–Kier alpha value is -0.390. The Balaban J connectivity index is 1.51. The number of hydrogen-bond donors (Lipinski definition) is 1. The molecular weight excluding hydrogens is 270 g/mol. The van der Waals surface area contributed by atoms with Gasteiger partial charge in [0.15, 0.2) is 0 Å². The van der Waals surface area contributed by atoms with Crippen LogP contribution in [0, 0.1) is 0 Å². The minimum Gasteiger partial charge on any atom is -0.389 e. The van der Waals surface area contributed by atoms with Crippen molar-refractivity contribution < 1.29 is 5.11 Å². The lowest BCUT2D eigenvalue weighted by Gasteiger charge is -2.46. The molecule has 0 radical (unpaired) electrons. The average Bonchev–Trinajstić information content (AvgIpc) is 2.54. The van der Waals surface area contributed by atoms with Crippen LogP contribution in [-0.4, -0.2) is 45.0 Å². The molecule has 4 nitrogen and oxygen atoms in total. The fraction of sp³-hybridized carbons (Fsp3) is 0.727. The maximum atomic E-state index is 10.0. The quantitative estimate of drug-likeness (QED) is 0.913. The van der Waals surface area contributed by atoms with Gasteiger partial charge in [0, 0.05) is 25.8 Å². The van der Waals surface area contributed by atoms with Crippen LogP contribution < -0.4 is 0 Å². The molecule has 16 heavy (non-hydrogen) atoms. The van der Waals surface area contributed by atoms with Gasteiger partial charge in [0.1, 0.15) is 0 Å². The van der Waals surface area contributed by atoms with Crippen LogP contribution in [0.4, 0.5) is 0 Å². The van der Waals surface area contributed by atoms with Crippen molar-refractivity contribution in [3.63, 3.8) is 0 Å². The lowest BCUT2D eigenvalue weighted by Crippen LogP contribution is -2.56. The van der Waals surface area contributed by atoms with Crippen LogP contribution in [0.25, 0.3) is 0 Å². The van der Waals surface area contributed by atoms with Crippen molar-refractivity contribution in [3.05, 3.63) is 16.9 Å². The van der Waals surface area contributed by atoms with Gasteiger partial charge in [0.2, 0.25) is 0 Å². The Bertz CT molecular complexity index is 382. The Kier molecular flexibility index (Phi) is 2.57. The number of aliphatic hydroxyl groups is 1. The first kappa shape index (κ1) is 10.7. The third-order valence-corrected chi connectivity index (χ3v) is 4.09. The standard InChI is InChI=1S/C11H16BrN3O/c12-9-4-13-15(5-9)10-6-14(7-10)8-11(16)2-1-3-11/h4-5,10,16H,1-3,6-8H2. The van der Waals surface area contributed by atoms with Crippen molar-refractivity contribution in [2.45, 2.75) is 30.9 Å². The van der Waals surface area contributed by atoms with Crippen LogP contribution in [0.15, 0.2) is 16.9 Å². The van der Waals surface area contributed by atoms with Gasteiger partial charge in [-0.05, 0) is 35.2 Å². The van der Waals surface area contributed by atoms with Gasteiger partial charge in [0.05, 0.1) is 22.3 Å². The first-order valence-corrected chi connectivity index (χ1v) is 6.58. The number of nitrogens with zero attached hydrogens (tertiary/aromatic N) is 3. The number of aromatic nitrogens is 2. The maximum Gasteiger partial charge on any atom is 0.0774 e. The van der Waals surface area contributed by atoms with E-state index in [1.807, 2.05) is 17.1 Å². The molecule has 0 amide bonds. The SMILES string of the molecule is OC1(CN2CC(n3cc(Br)cn3)C2)CCC1. The second kappa shape index (κ2) is 3.82. The van der Waals surface area contributed by atoms with E-state index in [0.717, 1.165) is 36.9 Å². The topological polar surface area (TPSA) is 41.3 Å². The second-order valence-electron chi connectivity index (χ2n) is 5.06. The third-order valence-electron chi connectivity index (χ3n) is 3.68. The van der Waals surface area contributed by atoms with E-state index >= 15 is 0 Å². The van der Waals surface area contributed by atoms with Gasteiger partial charge in [-0.25, -0.2) is 0 Å². The summed E-state index contributed by atoms with van der Waals surface area (Å²) >= 11 is 3.40. The van der Waals surface area contributed by atoms with Crippen LogP contribution in [0.2, 0.25) is 0 Å². The summed E-state index contributed by atoms with van der Waals surface area (Å²) < 4.78 is 3.04. The van der Waals surface area contributed by atoms with E-state index in [0.29, 0.717) is 6.04 Å². The number of β-amino-alcohol motifs (C(OH)–C–C–N with tert-alkyl or cyclic N) is 1. The summed E-state index contributed by atoms with van der Waals surface area (Å²) in [5, 5.41) is 14.3. The normalized spacial score (nSPS) is 25.1. The highest BCUT2D eigenvalue weighted by Crippen LogP contribution is 2.34. The molecule has 88 valence electrons. The van der Waals surface area contributed by atoms with Crippen LogP contribution in [0.5, 0.6) is 0 Å². The summed E-state index contributed by atoms with van der Waals surface area (Å²) in [4.78, 5) is 2.32. The summed E-state index contributed by atoms with van der Waals surface area (Å²) in [5.74, 6) is 0. The Labute approximate surface area is 103 Å². The molecule has 5 heteroatoms. The maximum absolute atomic E-state index is 10.0. The van der Waals surface area contributed by atoms with Gasteiger partial charge in [-0.1, -0.05) is 0 Å². The third kappa shape index (κ3) is 1.92. The summed E-state index contributed by atoms with van der Waals surface area (Å²) in [5.41, 5.74) is -0.379. The van der Waals surface area contributed by atoms with Crippen LogP contribution in [-0.2, 0) is 0 Å². The number of rotatable bonds is 3. The zero-order valence-electron chi connectivity index (χ0n) is 9.14. The molecule has 1 aromatic heterocycles. The van der Waals surface area contributed by atoms with E-state index in [-0.39, 0.29) is 5.60 Å². The minimum atomic E-state index is -0.379. The molecule has 2 fully saturated rings. The highest BCUT2D eigenvalue weighted by molar-refractivity contribution is 9.10. The van der Waals surface area contributed by atoms with Gasteiger partial charge in [-0.3, -0.25) is 9.58 Å². The molecule has 2 heterocycles. The average molecular weight is 286 g/mol. The highest BCUT2D eigenvalue weighted by Gasteiger charge is 2.40. The fourth-order valence-corrected chi connectivity index (χ4v) is 2.81. The monoisotopic (exact) mass is 285 g/mol. The lowest BCUT2D eigenvalue weighted by atomic mass is 9.79. The second-order valence-corrected chi connectivity index (χ2v) is 5.98. The van der Waals surface area contributed by atoms with E-state index in [9.17, 15) is 5.11 Å². The van der Waals surface area contributed by atoms with Gasteiger partial charge >= 0.3 is 0 Å². The molecule has 1 saturated carbocycles. The molecule has 0 spiro atoms. The molecule has 2 aliphatic rings. The van der Waals surface area contributed by atoms with E-state index in [1.165, 1.54) is 6.42 Å². The highest BCUT2D eigenvalue weighted by atomic mass is 79.9. The van der Waals surface area contributed by atoms with Crippen molar-refractivity contribution in [2.75, 3.05) is 19.6 Å². The molecule has 0 atom stereocenters. The lowest BCUT2D eigenvalue weighted by molar-refractivity contribution is -0.0792. The molecule has 1 aliphatic heterocycles. The van der Waals surface area contributed by atoms with Crippen LogP contribution >= 0.6 is 15.9 Å². The van der Waals surface area contributed by atoms with Gasteiger partial charge < -0.3 is 5.11 Å². The summed E-state index contributed by atoms with van der Waals surface area (Å²) in [6, 6.07) is 0.481. The molecule has 0 bridgehead atoms. The molecule has 3 rings (SSSR count). The Morgan fingerprint density at radius 3 is 2.75 bits per heavy atom. The molecule has 0 unspecified atom stereocenters. The number of likely N-dealkylation sites (tertiary alicyclic amines) is 1. The van der Waals surface area contributed by atoms with Crippen molar-refractivity contribution >= 4 is 15.9 Å². The number of halogens is 1. The van der Waals surface area contributed by atoms with E-state index in [1.54, 1.807) is 0 Å². The van der Waals surface area contributed by atoms with Crippen LogP contribution in [0.3, 0.4) is 0 Å². The van der Waals surface area contributed by atoms with Crippen LogP contribution in [0.1, 0.15) is 25.3 Å². The largest absolute Gasteiger partial charge is 0.389 e. The zero-order chi connectivity index (χ0) is 11.2. The van der Waals surface area contributed by atoms with Crippen molar-refractivity contribution in [1.29, 1.82) is 0 Å². The predicted molar refractivity (Wildman–Crippen MR) is 64.2 cm³/mol. The molecule has 1 aromatic rings. The molecule has 1 aliphatic carbocycles. The molecular formula is C11H16BrN3O. The first-order chi connectivity index (χ1) is 7.65. The van der Waals surface area contributed by atoms with Gasteiger partial charge in [-0.2, -0.15) is 5.10 Å². The molecule has 1 saturated heterocycles. The van der Waals surface area contributed by atoms with E-state index < -0.39 is 0 Å². The van der Waals surface area contributed by atoms with Crippen molar-refractivity contribution in [3.8, 4) is 0 Å². The minimum absolute atomic E-state index is 0.379. The summed E-state index contributed by atoms with van der Waals surface area (Å²) in [7, 11) is 0. The number of hydrogen-bond acceptors (Lipinski definition) is 3. The van der Waals surface area contributed by atoms with E-state index in [4.69, 9.17) is 0 Å². The van der Waals surface area contributed by atoms with Gasteiger partial charge in [-0.15, -0.1) is 0 Å². The molecule has 0 aromatic carbocycles. The first-order valence-electron chi connectivity index (χ1n) is 5.79. The van der Waals surface area contributed by atoms with Gasteiger partial charge in [0.25, 0.3) is 0 Å². The summed E-state index contributed by atoms with van der Waals surface area (Å²) in [6.07, 6.45) is 6.96. The molecule has 1 N–H and O–H groups in total.